The van der Waals surface area contributed by atoms with Gasteiger partial charge in [-0.05, 0) is 13.8 Å². The largest absolute Gasteiger partial charge is 0.377 e. The zero-order valence-corrected chi connectivity index (χ0v) is 10.9. The number of hydrogen-bond acceptors (Lipinski definition) is 4. The molecular formula is C11H16ClN3O2. The summed E-state index contributed by atoms with van der Waals surface area (Å²) in [5, 5.41) is 0.211. The van der Waals surface area contributed by atoms with Crippen LogP contribution in [0.25, 0.3) is 0 Å². The Kier molecular flexibility index (Phi) is 5.31. The van der Waals surface area contributed by atoms with Crippen molar-refractivity contribution in [1.29, 1.82) is 0 Å². The minimum absolute atomic E-state index is 0.157. The standard InChI is InChI=1S/C11H16ClN3O2/c1-8(2)17-5-4-15(3)11(16)9-6-13-7-10(12)14-9/h6-8H,4-5H2,1-3H3. The normalized spacial score (nSPS) is 10.6. The Morgan fingerprint density at radius 1 is 1.53 bits per heavy atom. The zero-order chi connectivity index (χ0) is 12.8. The molecule has 1 heterocycles. The van der Waals surface area contributed by atoms with E-state index in [1.807, 2.05) is 13.8 Å². The predicted molar refractivity (Wildman–Crippen MR) is 65.1 cm³/mol. The highest BCUT2D eigenvalue weighted by atomic mass is 35.5. The fourth-order valence-corrected chi connectivity index (χ4v) is 1.32. The van der Waals surface area contributed by atoms with E-state index in [2.05, 4.69) is 9.97 Å². The van der Waals surface area contributed by atoms with Crippen molar-refractivity contribution >= 4 is 17.5 Å². The lowest BCUT2D eigenvalue weighted by Gasteiger charge is -2.17. The number of carbonyl (C=O) groups excluding carboxylic acids is 1. The van der Waals surface area contributed by atoms with Crippen molar-refractivity contribution in [3.63, 3.8) is 0 Å². The second-order valence-corrected chi connectivity index (χ2v) is 4.26. The molecule has 17 heavy (non-hydrogen) atoms. The van der Waals surface area contributed by atoms with Gasteiger partial charge in [0.2, 0.25) is 0 Å². The van der Waals surface area contributed by atoms with Gasteiger partial charge in [-0.15, -0.1) is 0 Å². The molecule has 0 saturated heterocycles. The molecule has 1 amide bonds. The van der Waals surface area contributed by atoms with Gasteiger partial charge in [-0.3, -0.25) is 9.78 Å². The third-order valence-corrected chi connectivity index (χ3v) is 2.23. The molecule has 0 unspecified atom stereocenters. The third-order valence-electron chi connectivity index (χ3n) is 2.05. The SMILES string of the molecule is CC(C)OCCN(C)C(=O)c1cncc(Cl)n1. The molecule has 0 saturated carbocycles. The van der Waals surface area contributed by atoms with E-state index in [0.29, 0.717) is 13.2 Å². The highest BCUT2D eigenvalue weighted by Crippen LogP contribution is 2.04. The molecule has 0 bridgehead atoms. The molecule has 1 aromatic heterocycles. The van der Waals surface area contributed by atoms with E-state index >= 15 is 0 Å². The summed E-state index contributed by atoms with van der Waals surface area (Å²) in [6.45, 7) is 4.90. The Morgan fingerprint density at radius 2 is 2.24 bits per heavy atom. The van der Waals surface area contributed by atoms with E-state index in [0.717, 1.165) is 0 Å². The highest BCUT2D eigenvalue weighted by molar-refractivity contribution is 6.29. The minimum atomic E-state index is -0.215. The summed E-state index contributed by atoms with van der Waals surface area (Å²) in [4.78, 5) is 21.1. The number of hydrogen-bond donors (Lipinski definition) is 0. The van der Waals surface area contributed by atoms with Crippen LogP contribution in [0.5, 0.6) is 0 Å². The maximum absolute atomic E-state index is 11.9. The second kappa shape index (κ2) is 6.51. The smallest absolute Gasteiger partial charge is 0.273 e. The molecule has 0 N–H and O–H groups in total. The molecule has 0 atom stereocenters. The van der Waals surface area contributed by atoms with Gasteiger partial charge >= 0.3 is 0 Å². The first kappa shape index (κ1) is 13.9. The van der Waals surface area contributed by atoms with Crippen LogP contribution >= 0.6 is 11.6 Å². The van der Waals surface area contributed by atoms with Gasteiger partial charge < -0.3 is 9.64 Å². The molecule has 94 valence electrons. The van der Waals surface area contributed by atoms with Gasteiger partial charge in [0.25, 0.3) is 5.91 Å². The molecule has 5 nitrogen and oxygen atoms in total. The van der Waals surface area contributed by atoms with Gasteiger partial charge in [-0.1, -0.05) is 11.6 Å². The van der Waals surface area contributed by atoms with Crippen LogP contribution < -0.4 is 0 Å². The van der Waals surface area contributed by atoms with Crippen LogP contribution in [-0.2, 0) is 4.74 Å². The topological polar surface area (TPSA) is 55.3 Å². The van der Waals surface area contributed by atoms with E-state index in [1.54, 1.807) is 7.05 Å². The molecule has 1 rings (SSSR count). The fourth-order valence-electron chi connectivity index (χ4n) is 1.17. The van der Waals surface area contributed by atoms with Gasteiger partial charge in [-0.25, -0.2) is 4.98 Å². The summed E-state index contributed by atoms with van der Waals surface area (Å²) in [5.74, 6) is -0.215. The maximum Gasteiger partial charge on any atom is 0.273 e. The van der Waals surface area contributed by atoms with Crippen molar-refractivity contribution in [3.8, 4) is 0 Å². The van der Waals surface area contributed by atoms with Crippen molar-refractivity contribution in [1.82, 2.24) is 14.9 Å². The van der Waals surface area contributed by atoms with Crippen LogP contribution in [0.15, 0.2) is 12.4 Å². The van der Waals surface area contributed by atoms with Crippen LogP contribution in [0.3, 0.4) is 0 Å². The molecule has 0 aliphatic rings. The van der Waals surface area contributed by atoms with E-state index < -0.39 is 0 Å². The summed E-state index contributed by atoms with van der Waals surface area (Å²) in [5.41, 5.74) is 0.240. The lowest BCUT2D eigenvalue weighted by molar-refractivity contribution is 0.0529. The van der Waals surface area contributed by atoms with Gasteiger partial charge in [0.05, 0.1) is 25.1 Å². The molecule has 0 fully saturated rings. The Bertz CT molecular complexity index is 385. The predicted octanol–water partition coefficient (Wildman–Crippen LogP) is 1.63. The van der Waals surface area contributed by atoms with E-state index in [4.69, 9.17) is 16.3 Å². The van der Waals surface area contributed by atoms with Gasteiger partial charge in [-0.2, -0.15) is 0 Å². The number of carbonyl (C=O) groups is 1. The highest BCUT2D eigenvalue weighted by Gasteiger charge is 2.13. The molecule has 0 aromatic carbocycles. The van der Waals surface area contributed by atoms with Gasteiger partial charge in [0, 0.05) is 13.6 Å². The summed E-state index contributed by atoms with van der Waals surface area (Å²) in [6, 6.07) is 0. The Hall–Kier alpha value is -1.20. The number of amides is 1. The fraction of sp³-hybridized carbons (Fsp3) is 0.545. The molecular weight excluding hydrogens is 242 g/mol. The first-order chi connectivity index (χ1) is 8.00. The number of likely N-dealkylation sites (N-methyl/N-ethyl adjacent to an activating group) is 1. The van der Waals surface area contributed by atoms with Crippen LogP contribution in [0.4, 0.5) is 0 Å². The maximum atomic E-state index is 11.9. The van der Waals surface area contributed by atoms with Crippen molar-refractivity contribution in [3.05, 3.63) is 23.2 Å². The molecule has 1 aromatic rings. The van der Waals surface area contributed by atoms with Gasteiger partial charge in [0.15, 0.2) is 0 Å². The van der Waals surface area contributed by atoms with Crippen molar-refractivity contribution in [2.75, 3.05) is 20.2 Å². The minimum Gasteiger partial charge on any atom is -0.377 e. The van der Waals surface area contributed by atoms with Crippen molar-refractivity contribution in [2.24, 2.45) is 0 Å². The second-order valence-electron chi connectivity index (χ2n) is 3.87. The van der Waals surface area contributed by atoms with Crippen LogP contribution in [0.2, 0.25) is 5.15 Å². The average Bonchev–Trinajstić information content (AvgIpc) is 2.27. The summed E-state index contributed by atoms with van der Waals surface area (Å²) in [7, 11) is 1.69. The Balaban J connectivity index is 2.52. The van der Waals surface area contributed by atoms with Crippen LogP contribution in [0, 0.1) is 0 Å². The first-order valence-electron chi connectivity index (χ1n) is 5.35. The molecule has 6 heteroatoms. The lowest BCUT2D eigenvalue weighted by Crippen LogP contribution is -2.31. The van der Waals surface area contributed by atoms with Gasteiger partial charge in [0.1, 0.15) is 10.8 Å². The number of halogens is 1. The number of rotatable bonds is 5. The van der Waals surface area contributed by atoms with E-state index in [-0.39, 0.29) is 22.9 Å². The number of aromatic nitrogens is 2. The zero-order valence-electron chi connectivity index (χ0n) is 10.2. The monoisotopic (exact) mass is 257 g/mol. The summed E-state index contributed by atoms with van der Waals surface area (Å²) in [6.07, 6.45) is 2.94. The number of nitrogens with zero attached hydrogens (tertiary/aromatic N) is 3. The number of ether oxygens (including phenoxy) is 1. The van der Waals surface area contributed by atoms with Crippen molar-refractivity contribution in [2.45, 2.75) is 20.0 Å². The summed E-state index contributed by atoms with van der Waals surface area (Å²) >= 11 is 5.67. The summed E-state index contributed by atoms with van der Waals surface area (Å²) < 4.78 is 5.37. The van der Waals surface area contributed by atoms with Crippen molar-refractivity contribution < 1.29 is 9.53 Å². The molecule has 0 radical (unpaired) electrons. The first-order valence-corrected chi connectivity index (χ1v) is 5.73. The van der Waals surface area contributed by atoms with Crippen LogP contribution in [-0.4, -0.2) is 47.1 Å². The average molecular weight is 258 g/mol. The van der Waals surface area contributed by atoms with E-state index in [9.17, 15) is 4.79 Å². The molecule has 0 aliphatic carbocycles. The molecule has 0 spiro atoms. The Labute approximate surface area is 106 Å². The van der Waals surface area contributed by atoms with E-state index in [1.165, 1.54) is 17.3 Å². The molecule has 0 aliphatic heterocycles. The van der Waals surface area contributed by atoms with Crippen LogP contribution in [0.1, 0.15) is 24.3 Å². The lowest BCUT2D eigenvalue weighted by atomic mass is 10.4. The Morgan fingerprint density at radius 3 is 2.82 bits per heavy atom. The third kappa shape index (κ3) is 4.66. The quantitative estimate of drug-likeness (QED) is 0.805.